The fraction of sp³-hybridized carbons (Fsp3) is 0.333. The van der Waals surface area contributed by atoms with Gasteiger partial charge in [-0.05, 0) is 151 Å². The van der Waals surface area contributed by atoms with Gasteiger partial charge in [0.1, 0.15) is 0 Å². The first-order valence-corrected chi connectivity index (χ1v) is 21.0. The average molecular weight is 753 g/mol. The summed E-state index contributed by atoms with van der Waals surface area (Å²) in [5.74, 6) is -0.436. The zero-order chi connectivity index (χ0) is 39.2. The number of benzene rings is 5. The largest absolute Gasteiger partial charge is 0.294 e. The normalized spacial score (nSPS) is 12.4. The van der Waals surface area contributed by atoms with Gasteiger partial charge in [-0.15, -0.1) is 0 Å². The Morgan fingerprint density at radius 1 is 0.491 bits per heavy atom. The summed E-state index contributed by atoms with van der Waals surface area (Å²) in [6, 6.07) is 24.7. The maximum absolute atomic E-state index is 13.0. The number of aryl methyl sites for hydroxylation is 6. The molecule has 0 aliphatic carbocycles. The Morgan fingerprint density at radius 3 is 1.23 bits per heavy atom. The molecule has 0 aromatic heterocycles. The number of hydrogen-bond donors (Lipinski definition) is 2. The van der Waals surface area contributed by atoms with Crippen molar-refractivity contribution in [1.29, 1.82) is 0 Å². The van der Waals surface area contributed by atoms with Crippen LogP contribution in [-0.2, 0) is 33.1 Å². The molecular weight excluding hydrogens is 701 g/mol. The van der Waals surface area contributed by atoms with E-state index in [1.54, 1.807) is 0 Å². The highest BCUT2D eigenvalue weighted by molar-refractivity contribution is 7.86. The van der Waals surface area contributed by atoms with Crippen LogP contribution in [-0.4, -0.2) is 25.9 Å². The van der Waals surface area contributed by atoms with E-state index in [0.717, 1.165) is 52.3 Å². The molecule has 0 fully saturated rings. The first-order chi connectivity index (χ1) is 24.6. The lowest BCUT2D eigenvalue weighted by atomic mass is 9.79. The van der Waals surface area contributed by atoms with E-state index in [9.17, 15) is 25.9 Å². The predicted molar refractivity (Wildman–Crippen MR) is 215 cm³/mol. The summed E-state index contributed by atoms with van der Waals surface area (Å²) in [5.41, 5.74) is 16.3. The van der Waals surface area contributed by atoms with Crippen LogP contribution in [0.15, 0.2) is 88.7 Å². The molecule has 0 atom stereocenters. The van der Waals surface area contributed by atoms with Crippen LogP contribution in [0.25, 0.3) is 0 Å². The lowest BCUT2D eigenvalue weighted by Gasteiger charge is -2.26. The number of rotatable bonds is 11. The molecule has 0 heterocycles. The molecule has 6 nitrogen and oxygen atoms in total. The van der Waals surface area contributed by atoms with Crippen LogP contribution in [0.3, 0.4) is 0 Å². The fourth-order valence-electron chi connectivity index (χ4n) is 8.03. The van der Waals surface area contributed by atoms with Gasteiger partial charge in [0.05, 0.1) is 9.79 Å². The van der Waals surface area contributed by atoms with E-state index < -0.39 is 35.9 Å². The third kappa shape index (κ3) is 8.84. The van der Waals surface area contributed by atoms with Crippen LogP contribution in [0.2, 0.25) is 0 Å². The third-order valence-corrected chi connectivity index (χ3v) is 12.3. The predicted octanol–water partition coefficient (Wildman–Crippen LogP) is 10.6. The zero-order valence-corrected chi connectivity index (χ0v) is 34.1. The molecule has 0 saturated heterocycles. The van der Waals surface area contributed by atoms with E-state index in [1.165, 1.54) is 56.6 Å². The summed E-state index contributed by atoms with van der Waals surface area (Å²) in [4.78, 5) is -1.18. The molecular formula is C45H52O6S2. The standard InChI is InChI=1S/C45H52O6S2/c1-26(2)40-23-36(13-11-34(40)21-42-30(7)17-28(5)18-31(42)8)45(39-16-15-38(52(46,47)48)25-44(39)53(49,50)51)37-14-12-35(41(24-37)27(3)4)22-43-32(9)19-29(6)20-33(43)10/h11-20,23-27,45H,21-22H2,1-10H3,(H,46,47,48)(H,49,50,51). The van der Waals surface area contributed by atoms with Gasteiger partial charge in [0.25, 0.3) is 20.2 Å². The second-order valence-corrected chi connectivity index (χ2v) is 18.2. The molecule has 2 N–H and O–H groups in total. The van der Waals surface area contributed by atoms with E-state index in [0.29, 0.717) is 0 Å². The molecule has 5 aromatic carbocycles. The maximum atomic E-state index is 13.0. The molecule has 0 bridgehead atoms. The summed E-state index contributed by atoms with van der Waals surface area (Å²) >= 11 is 0. The monoisotopic (exact) mass is 752 g/mol. The van der Waals surface area contributed by atoms with Crippen molar-refractivity contribution in [3.8, 4) is 0 Å². The smallest absolute Gasteiger partial charge is 0.282 e. The Balaban J connectivity index is 1.76. The van der Waals surface area contributed by atoms with Crippen molar-refractivity contribution < 1.29 is 25.9 Å². The van der Waals surface area contributed by atoms with Gasteiger partial charge >= 0.3 is 0 Å². The van der Waals surface area contributed by atoms with Crippen LogP contribution in [0.1, 0.15) is 129 Å². The summed E-state index contributed by atoms with van der Waals surface area (Å²) in [5, 5.41) is 0. The third-order valence-electron chi connectivity index (χ3n) is 10.5. The lowest BCUT2D eigenvalue weighted by molar-refractivity contribution is 0.480. The molecule has 0 unspecified atom stereocenters. The Labute approximate surface area is 316 Å². The zero-order valence-electron chi connectivity index (χ0n) is 32.5. The molecule has 280 valence electrons. The maximum Gasteiger partial charge on any atom is 0.294 e. The topological polar surface area (TPSA) is 109 Å². The fourth-order valence-corrected chi connectivity index (χ4v) is 9.37. The molecule has 0 aliphatic heterocycles. The minimum atomic E-state index is -4.93. The Hall–Kier alpha value is -4.08. The van der Waals surface area contributed by atoms with Gasteiger partial charge in [-0.1, -0.05) is 106 Å². The molecule has 8 heteroatoms. The van der Waals surface area contributed by atoms with Crippen LogP contribution >= 0.6 is 0 Å². The second kappa shape index (κ2) is 15.3. The molecule has 5 aromatic rings. The molecule has 0 radical (unpaired) electrons. The SMILES string of the molecule is Cc1cc(C)c(Cc2ccc(C(c3ccc(Cc4c(C)cc(C)cc4C)c(C(C)C)c3)c3ccc(S(=O)(=O)O)cc3S(=O)(=O)O)cc2C(C)C)c(C)c1. The molecule has 0 aliphatic rings. The van der Waals surface area contributed by atoms with Crippen molar-refractivity contribution in [2.45, 2.75) is 110 Å². The van der Waals surface area contributed by atoms with Gasteiger partial charge in [-0.3, -0.25) is 9.11 Å². The van der Waals surface area contributed by atoms with E-state index in [4.69, 9.17) is 0 Å². The van der Waals surface area contributed by atoms with E-state index >= 15 is 0 Å². The van der Waals surface area contributed by atoms with Crippen LogP contribution in [0.4, 0.5) is 0 Å². The van der Waals surface area contributed by atoms with Crippen molar-refractivity contribution in [2.75, 3.05) is 0 Å². The van der Waals surface area contributed by atoms with E-state index in [1.807, 2.05) is 12.1 Å². The Kier molecular flexibility index (Phi) is 11.6. The highest BCUT2D eigenvalue weighted by Gasteiger charge is 2.29. The van der Waals surface area contributed by atoms with Crippen LogP contribution < -0.4 is 0 Å². The highest BCUT2D eigenvalue weighted by Crippen LogP contribution is 2.40. The summed E-state index contributed by atoms with van der Waals surface area (Å²) in [6.45, 7) is 21.3. The lowest BCUT2D eigenvalue weighted by Crippen LogP contribution is -2.14. The highest BCUT2D eigenvalue weighted by atomic mass is 32.2. The summed E-state index contributed by atoms with van der Waals surface area (Å²) in [6.07, 6.45) is 1.47. The quantitative estimate of drug-likeness (QED) is 0.103. The molecule has 0 spiro atoms. The van der Waals surface area contributed by atoms with Crippen molar-refractivity contribution >= 4 is 20.2 Å². The average Bonchev–Trinajstić information content (AvgIpc) is 3.04. The van der Waals surface area contributed by atoms with Gasteiger partial charge in [-0.2, -0.15) is 16.8 Å². The van der Waals surface area contributed by atoms with Crippen molar-refractivity contribution in [2.24, 2.45) is 0 Å². The van der Waals surface area contributed by atoms with Gasteiger partial charge in [0.2, 0.25) is 0 Å². The Bertz CT molecular complexity index is 2260. The van der Waals surface area contributed by atoms with Gasteiger partial charge in [0, 0.05) is 5.92 Å². The van der Waals surface area contributed by atoms with Crippen LogP contribution in [0.5, 0.6) is 0 Å². The van der Waals surface area contributed by atoms with E-state index in [2.05, 4.69) is 118 Å². The minimum Gasteiger partial charge on any atom is -0.282 e. The molecule has 0 saturated carbocycles. The Morgan fingerprint density at radius 2 is 0.887 bits per heavy atom. The van der Waals surface area contributed by atoms with Gasteiger partial charge in [0.15, 0.2) is 0 Å². The summed E-state index contributed by atoms with van der Waals surface area (Å²) < 4.78 is 70.7. The molecule has 5 rings (SSSR count). The molecule has 0 amide bonds. The van der Waals surface area contributed by atoms with Crippen molar-refractivity contribution in [3.05, 3.63) is 162 Å². The minimum absolute atomic E-state index is 0.134. The summed E-state index contributed by atoms with van der Waals surface area (Å²) in [7, 11) is -9.69. The van der Waals surface area contributed by atoms with Gasteiger partial charge in [-0.25, -0.2) is 0 Å². The van der Waals surface area contributed by atoms with Crippen molar-refractivity contribution in [3.63, 3.8) is 0 Å². The first-order valence-electron chi connectivity index (χ1n) is 18.1. The van der Waals surface area contributed by atoms with E-state index in [-0.39, 0.29) is 17.4 Å². The van der Waals surface area contributed by atoms with Crippen molar-refractivity contribution in [1.82, 2.24) is 0 Å². The van der Waals surface area contributed by atoms with Gasteiger partial charge < -0.3 is 0 Å². The number of hydrogen-bond acceptors (Lipinski definition) is 4. The second-order valence-electron chi connectivity index (χ2n) is 15.4. The first kappa shape index (κ1) is 40.1. The van der Waals surface area contributed by atoms with Crippen LogP contribution in [0, 0.1) is 41.5 Å². The molecule has 53 heavy (non-hydrogen) atoms.